The van der Waals surface area contributed by atoms with Gasteiger partial charge < -0.3 is 5.32 Å². The lowest BCUT2D eigenvalue weighted by Crippen LogP contribution is -2.28. The van der Waals surface area contributed by atoms with Crippen LogP contribution in [0.1, 0.15) is 13.3 Å². The largest absolute Gasteiger partial charge is 0.305 e. The summed E-state index contributed by atoms with van der Waals surface area (Å²) >= 11 is 4.04. The van der Waals surface area contributed by atoms with Crippen LogP contribution < -0.4 is 5.32 Å². The molecular formula is C8H13NOS2. The number of ketones is 1. The molecule has 12 heavy (non-hydrogen) atoms. The third-order valence-corrected chi connectivity index (χ3v) is 5.89. The minimum Gasteiger partial charge on any atom is -0.305 e. The second-order valence-corrected chi connectivity index (χ2v) is 6.57. The van der Waals surface area contributed by atoms with Crippen molar-refractivity contribution in [1.82, 2.24) is 5.32 Å². The van der Waals surface area contributed by atoms with E-state index in [-0.39, 0.29) is 6.04 Å². The Morgan fingerprint density at radius 2 is 2.17 bits per heavy atom. The number of carbonyl (C=O) groups excluding carboxylic acids is 1. The molecule has 0 amide bonds. The van der Waals surface area contributed by atoms with Gasteiger partial charge in [0.2, 0.25) is 0 Å². The van der Waals surface area contributed by atoms with Crippen LogP contribution >= 0.6 is 23.5 Å². The molecule has 0 aliphatic carbocycles. The Hall–Kier alpha value is 0.330. The molecule has 1 N–H and O–H groups in total. The molecule has 0 unspecified atom stereocenters. The first-order chi connectivity index (χ1) is 5.72. The number of hydrogen-bond acceptors (Lipinski definition) is 4. The van der Waals surface area contributed by atoms with E-state index in [0.29, 0.717) is 9.86 Å². The highest BCUT2D eigenvalue weighted by atomic mass is 32.2. The average molecular weight is 203 g/mol. The minimum absolute atomic E-state index is 0.128. The SMILES string of the molecule is CC(=O)[C@@H]1CC2(CN1)SCCS2. The lowest BCUT2D eigenvalue weighted by atomic mass is 10.1. The topological polar surface area (TPSA) is 29.1 Å². The fourth-order valence-electron chi connectivity index (χ4n) is 1.74. The van der Waals surface area contributed by atoms with Crippen LogP contribution in [0, 0.1) is 0 Å². The molecule has 0 aromatic carbocycles. The molecule has 2 nitrogen and oxygen atoms in total. The predicted octanol–water partition coefficient (Wildman–Crippen LogP) is 1.11. The van der Waals surface area contributed by atoms with Gasteiger partial charge in [0, 0.05) is 18.1 Å². The van der Waals surface area contributed by atoms with E-state index in [0.717, 1.165) is 13.0 Å². The van der Waals surface area contributed by atoms with Gasteiger partial charge in [0.1, 0.15) is 5.78 Å². The number of Topliss-reactive ketones (excluding diaryl/α,β-unsaturated/α-hetero) is 1. The number of carbonyl (C=O) groups is 1. The predicted molar refractivity (Wildman–Crippen MR) is 54.7 cm³/mol. The van der Waals surface area contributed by atoms with Crippen LogP contribution in [0.15, 0.2) is 0 Å². The van der Waals surface area contributed by atoms with E-state index in [1.54, 1.807) is 6.92 Å². The maximum atomic E-state index is 11.1. The van der Waals surface area contributed by atoms with Gasteiger partial charge in [-0.05, 0) is 13.3 Å². The van der Waals surface area contributed by atoms with Crippen molar-refractivity contribution in [2.75, 3.05) is 18.1 Å². The molecule has 2 fully saturated rings. The van der Waals surface area contributed by atoms with Gasteiger partial charge in [-0.3, -0.25) is 4.79 Å². The van der Waals surface area contributed by atoms with Crippen molar-refractivity contribution in [3.63, 3.8) is 0 Å². The van der Waals surface area contributed by atoms with Crippen molar-refractivity contribution in [3.8, 4) is 0 Å². The summed E-state index contributed by atoms with van der Waals surface area (Å²) in [6.07, 6.45) is 1.03. The van der Waals surface area contributed by atoms with Crippen LogP contribution in [0.5, 0.6) is 0 Å². The van der Waals surface area contributed by atoms with Crippen molar-refractivity contribution in [2.45, 2.75) is 23.5 Å². The monoisotopic (exact) mass is 203 g/mol. The molecule has 0 bridgehead atoms. The van der Waals surface area contributed by atoms with Crippen LogP contribution in [0.25, 0.3) is 0 Å². The van der Waals surface area contributed by atoms with Crippen molar-refractivity contribution >= 4 is 29.3 Å². The Bertz CT molecular complexity index is 201. The highest BCUT2D eigenvalue weighted by molar-refractivity contribution is 8.21. The number of hydrogen-bond donors (Lipinski definition) is 1. The van der Waals surface area contributed by atoms with Crippen LogP contribution in [0.2, 0.25) is 0 Å². The van der Waals surface area contributed by atoms with Crippen molar-refractivity contribution < 1.29 is 4.79 Å². The lowest BCUT2D eigenvalue weighted by molar-refractivity contribution is -0.118. The van der Waals surface area contributed by atoms with Gasteiger partial charge in [-0.1, -0.05) is 0 Å². The molecule has 0 aromatic heterocycles. The van der Waals surface area contributed by atoms with E-state index in [2.05, 4.69) is 5.32 Å². The maximum Gasteiger partial charge on any atom is 0.146 e. The van der Waals surface area contributed by atoms with E-state index in [9.17, 15) is 4.79 Å². The molecule has 0 aromatic rings. The molecule has 0 radical (unpaired) electrons. The van der Waals surface area contributed by atoms with Crippen molar-refractivity contribution in [3.05, 3.63) is 0 Å². The van der Waals surface area contributed by atoms with Gasteiger partial charge in [0.15, 0.2) is 0 Å². The van der Waals surface area contributed by atoms with Crippen LogP contribution in [0.3, 0.4) is 0 Å². The molecule has 2 aliphatic heterocycles. The summed E-state index contributed by atoms with van der Waals surface area (Å²) in [6, 6.07) is 0.128. The van der Waals surface area contributed by atoms with E-state index < -0.39 is 0 Å². The van der Waals surface area contributed by atoms with E-state index in [1.165, 1.54) is 11.5 Å². The molecule has 2 saturated heterocycles. The molecule has 1 atom stereocenters. The number of rotatable bonds is 1. The zero-order valence-electron chi connectivity index (χ0n) is 7.13. The molecule has 1 spiro atoms. The maximum absolute atomic E-state index is 11.1. The molecule has 2 rings (SSSR count). The van der Waals surface area contributed by atoms with Gasteiger partial charge in [0.25, 0.3) is 0 Å². The first-order valence-electron chi connectivity index (χ1n) is 4.24. The average Bonchev–Trinajstić information content (AvgIpc) is 2.62. The molecular weight excluding hydrogens is 190 g/mol. The summed E-state index contributed by atoms with van der Waals surface area (Å²) in [7, 11) is 0. The Kier molecular flexibility index (Phi) is 2.40. The third kappa shape index (κ3) is 1.52. The van der Waals surface area contributed by atoms with Gasteiger partial charge in [-0.25, -0.2) is 0 Å². The zero-order valence-corrected chi connectivity index (χ0v) is 8.76. The third-order valence-electron chi connectivity index (χ3n) is 2.44. The first-order valence-corrected chi connectivity index (χ1v) is 6.21. The van der Waals surface area contributed by atoms with Crippen LogP contribution in [-0.4, -0.2) is 34.0 Å². The standard InChI is InChI=1S/C8H13NOS2/c1-6(10)7-4-8(5-9-7)11-2-3-12-8/h7,9H,2-5H2,1H3/t7-/m0/s1. The summed E-state index contributed by atoms with van der Waals surface area (Å²) in [5.41, 5.74) is 0. The van der Waals surface area contributed by atoms with Gasteiger partial charge in [-0.2, -0.15) is 0 Å². The minimum atomic E-state index is 0.128. The Morgan fingerprint density at radius 3 is 2.67 bits per heavy atom. The Morgan fingerprint density at radius 1 is 1.50 bits per heavy atom. The molecule has 68 valence electrons. The fourth-order valence-corrected chi connectivity index (χ4v) is 4.92. The highest BCUT2D eigenvalue weighted by Crippen LogP contribution is 2.49. The van der Waals surface area contributed by atoms with Crippen LogP contribution in [-0.2, 0) is 4.79 Å². The summed E-state index contributed by atoms with van der Waals surface area (Å²) in [5.74, 6) is 2.79. The Balaban J connectivity index is 2.01. The van der Waals surface area contributed by atoms with E-state index in [1.807, 2.05) is 23.5 Å². The zero-order chi connectivity index (χ0) is 8.60. The van der Waals surface area contributed by atoms with E-state index >= 15 is 0 Å². The van der Waals surface area contributed by atoms with Crippen molar-refractivity contribution in [2.24, 2.45) is 0 Å². The lowest BCUT2D eigenvalue weighted by Gasteiger charge is -2.18. The van der Waals surface area contributed by atoms with Crippen LogP contribution in [0.4, 0.5) is 0 Å². The molecule has 2 aliphatic rings. The smallest absolute Gasteiger partial charge is 0.146 e. The first kappa shape index (κ1) is 8.91. The van der Waals surface area contributed by atoms with Gasteiger partial charge in [-0.15, -0.1) is 23.5 Å². The summed E-state index contributed by atoms with van der Waals surface area (Å²) in [5, 5.41) is 3.30. The number of nitrogens with one attached hydrogen (secondary N) is 1. The van der Waals surface area contributed by atoms with Gasteiger partial charge >= 0.3 is 0 Å². The summed E-state index contributed by atoms with van der Waals surface area (Å²) < 4.78 is 0.344. The Labute approximate surface area is 81.2 Å². The summed E-state index contributed by atoms with van der Waals surface area (Å²) in [4.78, 5) is 11.1. The fraction of sp³-hybridized carbons (Fsp3) is 0.875. The quantitative estimate of drug-likeness (QED) is 0.691. The van der Waals surface area contributed by atoms with Gasteiger partial charge in [0.05, 0.1) is 10.1 Å². The van der Waals surface area contributed by atoms with Crippen molar-refractivity contribution in [1.29, 1.82) is 0 Å². The highest BCUT2D eigenvalue weighted by Gasteiger charge is 2.43. The normalized spacial score (nSPS) is 32.9. The summed E-state index contributed by atoms with van der Waals surface area (Å²) in [6.45, 7) is 2.69. The number of thioether (sulfide) groups is 2. The van der Waals surface area contributed by atoms with E-state index in [4.69, 9.17) is 0 Å². The molecule has 2 heterocycles. The second kappa shape index (κ2) is 3.24. The molecule has 4 heteroatoms. The second-order valence-electron chi connectivity index (χ2n) is 3.36. The molecule has 0 saturated carbocycles.